The molecule has 0 fully saturated rings. The first-order valence-electron chi connectivity index (χ1n) is 6.70. The summed E-state index contributed by atoms with van der Waals surface area (Å²) in [7, 11) is -1.70. The Hall–Kier alpha value is -0.123. The number of hydrogen-bond donors (Lipinski definition) is 1. The van der Waals surface area contributed by atoms with Crippen LogP contribution in [0.5, 0.6) is 0 Å². The summed E-state index contributed by atoms with van der Waals surface area (Å²) >= 11 is 0. The molecule has 17 heavy (non-hydrogen) atoms. The molecule has 0 aromatic rings. The topological polar surface area (TPSA) is 29.5 Å². The first kappa shape index (κ1) is 16.9. The fourth-order valence-corrected chi connectivity index (χ4v) is 2.67. The third-order valence-electron chi connectivity index (χ3n) is 3.55. The van der Waals surface area contributed by atoms with E-state index in [1.165, 1.54) is 12.8 Å². The van der Waals surface area contributed by atoms with Crippen molar-refractivity contribution in [3.8, 4) is 0 Å². The smallest absolute Gasteiger partial charge is 0.192 e. The summed E-state index contributed by atoms with van der Waals surface area (Å²) in [6.07, 6.45) is 7.41. The highest BCUT2D eigenvalue weighted by Gasteiger charge is 2.38. The number of aliphatic hydroxyl groups is 1. The summed E-state index contributed by atoms with van der Waals surface area (Å²) in [6, 6.07) is 0. The molecule has 0 bridgehead atoms. The lowest BCUT2D eigenvalue weighted by atomic mass is 10.1. The highest BCUT2D eigenvalue weighted by atomic mass is 28.4. The van der Waals surface area contributed by atoms with Crippen LogP contribution in [0.15, 0.2) is 12.2 Å². The van der Waals surface area contributed by atoms with Crippen LogP contribution in [0, 0.1) is 0 Å². The predicted molar refractivity (Wildman–Crippen MR) is 77.8 cm³/mol. The van der Waals surface area contributed by atoms with Gasteiger partial charge in [-0.2, -0.15) is 0 Å². The van der Waals surface area contributed by atoms with Crippen LogP contribution in [0.1, 0.15) is 47.0 Å². The summed E-state index contributed by atoms with van der Waals surface area (Å²) in [6.45, 7) is 13.6. The minimum Gasteiger partial charge on any atom is -0.411 e. The van der Waals surface area contributed by atoms with Gasteiger partial charge in [-0.25, -0.2) is 0 Å². The van der Waals surface area contributed by atoms with Crippen molar-refractivity contribution < 1.29 is 9.53 Å². The quantitative estimate of drug-likeness (QED) is 0.550. The van der Waals surface area contributed by atoms with Crippen LogP contribution < -0.4 is 0 Å². The number of hydrogen-bond acceptors (Lipinski definition) is 2. The molecule has 0 rings (SSSR count). The van der Waals surface area contributed by atoms with Gasteiger partial charge < -0.3 is 9.53 Å². The van der Waals surface area contributed by atoms with Gasteiger partial charge in [-0.3, -0.25) is 0 Å². The summed E-state index contributed by atoms with van der Waals surface area (Å²) in [5.41, 5.74) is 0. The fraction of sp³-hybridized carbons (Fsp3) is 0.857. The average molecular weight is 258 g/mol. The first-order chi connectivity index (χ1) is 7.74. The van der Waals surface area contributed by atoms with E-state index in [-0.39, 0.29) is 17.7 Å². The Labute approximate surface area is 108 Å². The Morgan fingerprint density at radius 2 is 1.88 bits per heavy atom. The lowest BCUT2D eigenvalue weighted by Crippen LogP contribution is -2.43. The Morgan fingerprint density at radius 1 is 1.29 bits per heavy atom. The lowest BCUT2D eigenvalue weighted by Gasteiger charge is -2.38. The van der Waals surface area contributed by atoms with Crippen molar-refractivity contribution in [1.82, 2.24) is 0 Å². The zero-order valence-corrected chi connectivity index (χ0v) is 13.4. The normalized spacial score (nSPS) is 15.5. The molecule has 3 heteroatoms. The highest BCUT2D eigenvalue weighted by Crippen LogP contribution is 2.37. The molecule has 1 atom stereocenters. The van der Waals surface area contributed by atoms with E-state index in [9.17, 15) is 0 Å². The van der Waals surface area contributed by atoms with E-state index < -0.39 is 8.32 Å². The molecule has 2 nitrogen and oxygen atoms in total. The van der Waals surface area contributed by atoms with Crippen molar-refractivity contribution in [3.05, 3.63) is 12.2 Å². The second-order valence-electron chi connectivity index (χ2n) is 6.17. The maximum atomic E-state index is 8.87. The predicted octanol–water partition coefficient (Wildman–Crippen LogP) is 4.12. The van der Waals surface area contributed by atoms with Crippen molar-refractivity contribution in [2.24, 2.45) is 0 Å². The second kappa shape index (κ2) is 7.34. The fourth-order valence-electron chi connectivity index (χ4n) is 1.37. The summed E-state index contributed by atoms with van der Waals surface area (Å²) < 4.78 is 6.35. The van der Waals surface area contributed by atoms with E-state index >= 15 is 0 Å². The van der Waals surface area contributed by atoms with Gasteiger partial charge in [0.25, 0.3) is 0 Å². The molecular weight excluding hydrogens is 228 g/mol. The van der Waals surface area contributed by atoms with Crippen molar-refractivity contribution in [3.63, 3.8) is 0 Å². The molecule has 0 amide bonds. The Bertz CT molecular complexity index is 229. The van der Waals surface area contributed by atoms with Crippen LogP contribution in [0.2, 0.25) is 18.1 Å². The maximum Gasteiger partial charge on any atom is 0.192 e. The summed E-state index contributed by atoms with van der Waals surface area (Å²) in [5, 5.41) is 9.11. The van der Waals surface area contributed by atoms with E-state index in [2.05, 4.69) is 40.8 Å². The molecular formula is C14H30O2Si. The standard InChI is InChI=1S/C14H30O2Si/c1-7-8-10-13(11-9-12-15)16-17(5,6)14(2,3)4/h9,11,13,15H,7-8,10,12H2,1-6H3/b11-9+. The van der Waals surface area contributed by atoms with Crippen molar-refractivity contribution in [1.29, 1.82) is 0 Å². The summed E-state index contributed by atoms with van der Waals surface area (Å²) in [4.78, 5) is 0. The van der Waals surface area contributed by atoms with Gasteiger partial charge in [-0.05, 0) is 24.6 Å². The molecule has 0 aliphatic carbocycles. The van der Waals surface area contributed by atoms with E-state index in [0.717, 1.165) is 6.42 Å². The molecule has 0 aromatic carbocycles. The first-order valence-corrected chi connectivity index (χ1v) is 9.60. The highest BCUT2D eigenvalue weighted by molar-refractivity contribution is 6.74. The van der Waals surface area contributed by atoms with Gasteiger partial charge in [0, 0.05) is 0 Å². The SMILES string of the molecule is CCCCC(/C=C/CO)O[Si](C)(C)C(C)(C)C. The molecule has 0 spiro atoms. The van der Waals surface area contributed by atoms with Crippen LogP contribution in [0.4, 0.5) is 0 Å². The molecule has 0 aliphatic rings. The van der Waals surface area contributed by atoms with Crippen LogP contribution in [0.3, 0.4) is 0 Å². The molecule has 0 aliphatic heterocycles. The van der Waals surface area contributed by atoms with Gasteiger partial charge in [0.1, 0.15) is 0 Å². The molecule has 0 saturated carbocycles. The van der Waals surface area contributed by atoms with Crippen molar-refractivity contribution in [2.75, 3.05) is 6.61 Å². The zero-order valence-electron chi connectivity index (χ0n) is 12.4. The van der Waals surface area contributed by atoms with Crippen LogP contribution in [-0.2, 0) is 4.43 Å². The van der Waals surface area contributed by atoms with Gasteiger partial charge in [0.15, 0.2) is 8.32 Å². The van der Waals surface area contributed by atoms with Gasteiger partial charge in [-0.1, -0.05) is 52.7 Å². The number of rotatable bonds is 7. The minimum atomic E-state index is -1.70. The maximum absolute atomic E-state index is 8.87. The van der Waals surface area contributed by atoms with Crippen LogP contribution >= 0.6 is 0 Å². The summed E-state index contributed by atoms with van der Waals surface area (Å²) in [5.74, 6) is 0. The van der Waals surface area contributed by atoms with E-state index in [4.69, 9.17) is 9.53 Å². The lowest BCUT2D eigenvalue weighted by molar-refractivity contribution is 0.210. The van der Waals surface area contributed by atoms with Crippen molar-refractivity contribution >= 4 is 8.32 Å². The number of aliphatic hydroxyl groups excluding tert-OH is 1. The molecule has 0 saturated heterocycles. The van der Waals surface area contributed by atoms with Gasteiger partial charge >= 0.3 is 0 Å². The van der Waals surface area contributed by atoms with Gasteiger partial charge in [-0.15, -0.1) is 0 Å². The van der Waals surface area contributed by atoms with E-state index in [1.54, 1.807) is 6.08 Å². The minimum absolute atomic E-state index is 0.101. The molecule has 1 unspecified atom stereocenters. The Balaban J connectivity index is 4.56. The zero-order chi connectivity index (χ0) is 13.5. The molecule has 102 valence electrons. The molecule has 0 radical (unpaired) electrons. The molecule has 0 heterocycles. The van der Waals surface area contributed by atoms with Gasteiger partial charge in [0.2, 0.25) is 0 Å². The largest absolute Gasteiger partial charge is 0.411 e. The van der Waals surface area contributed by atoms with E-state index in [1.807, 2.05) is 6.08 Å². The number of unbranched alkanes of at least 4 members (excludes halogenated alkanes) is 1. The molecule has 0 aromatic heterocycles. The average Bonchev–Trinajstić information content (AvgIpc) is 2.20. The Morgan fingerprint density at radius 3 is 2.29 bits per heavy atom. The van der Waals surface area contributed by atoms with Crippen LogP contribution in [0.25, 0.3) is 0 Å². The van der Waals surface area contributed by atoms with Crippen LogP contribution in [-0.4, -0.2) is 26.1 Å². The monoisotopic (exact) mass is 258 g/mol. The third-order valence-corrected chi connectivity index (χ3v) is 8.05. The second-order valence-corrected chi connectivity index (χ2v) is 10.9. The van der Waals surface area contributed by atoms with E-state index in [0.29, 0.717) is 0 Å². The molecule has 1 N–H and O–H groups in total. The van der Waals surface area contributed by atoms with Crippen molar-refractivity contribution in [2.45, 2.75) is 71.2 Å². The Kier molecular flexibility index (Phi) is 7.29. The third kappa shape index (κ3) is 6.39. The van der Waals surface area contributed by atoms with Gasteiger partial charge in [0.05, 0.1) is 12.7 Å².